The molecule has 1 rings (SSSR count). The van der Waals surface area contributed by atoms with E-state index in [1.54, 1.807) is 4.90 Å². The molecule has 5 nitrogen and oxygen atoms in total. The van der Waals surface area contributed by atoms with Crippen LogP contribution in [0.2, 0.25) is 0 Å². The van der Waals surface area contributed by atoms with E-state index in [0.717, 1.165) is 16.9 Å². The maximum atomic E-state index is 9.94. The van der Waals surface area contributed by atoms with E-state index in [1.807, 2.05) is 26.0 Å². The van der Waals surface area contributed by atoms with Crippen molar-refractivity contribution in [3.8, 4) is 5.75 Å². The Bertz CT molecular complexity index is 371. The van der Waals surface area contributed by atoms with Crippen molar-refractivity contribution < 1.29 is 20.1 Å². The van der Waals surface area contributed by atoms with Gasteiger partial charge in [0.2, 0.25) is 0 Å². The van der Waals surface area contributed by atoms with Crippen molar-refractivity contribution in [2.75, 3.05) is 39.5 Å². The Morgan fingerprint density at radius 2 is 1.60 bits per heavy atom. The van der Waals surface area contributed by atoms with Crippen LogP contribution >= 0.6 is 0 Å². The van der Waals surface area contributed by atoms with Crippen molar-refractivity contribution in [1.29, 1.82) is 0 Å². The van der Waals surface area contributed by atoms with Gasteiger partial charge in [0.05, 0.1) is 13.2 Å². The molecular weight excluding hydrogens is 258 g/mol. The third-order valence-electron chi connectivity index (χ3n) is 2.94. The van der Waals surface area contributed by atoms with E-state index in [9.17, 15) is 5.11 Å². The van der Waals surface area contributed by atoms with Gasteiger partial charge in [0.25, 0.3) is 0 Å². The molecule has 0 aromatic heterocycles. The highest BCUT2D eigenvalue weighted by atomic mass is 16.5. The average Bonchev–Trinajstić information content (AvgIpc) is 2.36. The molecule has 1 aromatic carbocycles. The lowest BCUT2D eigenvalue weighted by atomic mass is 10.1. The first-order chi connectivity index (χ1) is 9.55. The van der Waals surface area contributed by atoms with Crippen LogP contribution in [0, 0.1) is 13.8 Å². The second-order valence-electron chi connectivity index (χ2n) is 5.04. The molecule has 1 aromatic rings. The van der Waals surface area contributed by atoms with Crippen LogP contribution in [0.5, 0.6) is 5.75 Å². The van der Waals surface area contributed by atoms with E-state index in [2.05, 4.69) is 6.07 Å². The molecule has 0 aliphatic heterocycles. The highest BCUT2D eigenvalue weighted by molar-refractivity contribution is 5.32. The van der Waals surface area contributed by atoms with Gasteiger partial charge < -0.3 is 20.1 Å². The fraction of sp³-hybridized carbons (Fsp3) is 0.600. The molecule has 114 valence electrons. The minimum atomic E-state index is -0.658. The quantitative estimate of drug-likeness (QED) is 0.609. The second kappa shape index (κ2) is 8.92. The average molecular weight is 283 g/mol. The summed E-state index contributed by atoms with van der Waals surface area (Å²) in [5.74, 6) is 0.748. The SMILES string of the molecule is Cc1cc(C)cc(OC[C@H](O)CN(CCO)CCO)c1. The Labute approximate surface area is 120 Å². The molecule has 0 amide bonds. The van der Waals surface area contributed by atoms with Crippen LogP contribution in [0.15, 0.2) is 18.2 Å². The van der Waals surface area contributed by atoms with E-state index in [-0.39, 0.29) is 19.8 Å². The Morgan fingerprint density at radius 3 is 2.10 bits per heavy atom. The summed E-state index contributed by atoms with van der Waals surface area (Å²) in [6.07, 6.45) is -0.658. The van der Waals surface area contributed by atoms with Gasteiger partial charge in [0, 0.05) is 19.6 Å². The molecule has 0 fully saturated rings. The smallest absolute Gasteiger partial charge is 0.119 e. The summed E-state index contributed by atoms with van der Waals surface area (Å²) in [4.78, 5) is 1.80. The summed E-state index contributed by atoms with van der Waals surface area (Å²) < 4.78 is 5.58. The first kappa shape index (κ1) is 16.9. The van der Waals surface area contributed by atoms with Gasteiger partial charge in [-0.05, 0) is 37.1 Å². The summed E-state index contributed by atoms with van der Waals surface area (Å²) in [6.45, 7) is 5.43. The molecule has 0 aliphatic carbocycles. The lowest BCUT2D eigenvalue weighted by Crippen LogP contribution is -2.38. The molecule has 0 heterocycles. The predicted molar refractivity (Wildman–Crippen MR) is 78.0 cm³/mol. The van der Waals surface area contributed by atoms with E-state index in [1.165, 1.54) is 0 Å². The summed E-state index contributed by atoms with van der Waals surface area (Å²) in [6, 6.07) is 5.92. The number of ether oxygens (including phenoxy) is 1. The van der Waals surface area contributed by atoms with Gasteiger partial charge in [0.1, 0.15) is 18.5 Å². The summed E-state index contributed by atoms with van der Waals surface area (Å²) in [7, 11) is 0. The molecule has 1 atom stereocenters. The molecule has 20 heavy (non-hydrogen) atoms. The van der Waals surface area contributed by atoms with Crippen LogP contribution in [-0.4, -0.2) is 65.8 Å². The maximum Gasteiger partial charge on any atom is 0.119 e. The standard InChI is InChI=1S/C15H25NO4/c1-12-7-13(2)9-15(8-12)20-11-14(19)10-16(3-5-17)4-6-18/h7-9,14,17-19H,3-6,10-11H2,1-2H3/t14-/m1/s1. The third-order valence-corrected chi connectivity index (χ3v) is 2.94. The molecule has 0 aliphatic rings. The summed E-state index contributed by atoms with van der Waals surface area (Å²) >= 11 is 0. The normalized spacial score (nSPS) is 12.7. The fourth-order valence-corrected chi connectivity index (χ4v) is 2.14. The minimum Gasteiger partial charge on any atom is -0.491 e. The van der Waals surface area contributed by atoms with Crippen molar-refractivity contribution in [3.05, 3.63) is 29.3 Å². The molecule has 0 radical (unpaired) electrons. The van der Waals surface area contributed by atoms with Gasteiger partial charge in [-0.1, -0.05) is 6.07 Å². The number of nitrogens with zero attached hydrogens (tertiary/aromatic N) is 1. The van der Waals surface area contributed by atoms with Crippen LogP contribution in [0.25, 0.3) is 0 Å². The minimum absolute atomic E-state index is 0.00461. The van der Waals surface area contributed by atoms with Crippen LogP contribution in [0.4, 0.5) is 0 Å². The molecule has 0 bridgehead atoms. The number of hydrogen-bond donors (Lipinski definition) is 3. The Morgan fingerprint density at radius 1 is 1.05 bits per heavy atom. The highest BCUT2D eigenvalue weighted by Gasteiger charge is 2.12. The molecule has 3 N–H and O–H groups in total. The largest absolute Gasteiger partial charge is 0.491 e. The van der Waals surface area contributed by atoms with Gasteiger partial charge >= 0.3 is 0 Å². The van der Waals surface area contributed by atoms with E-state index < -0.39 is 6.10 Å². The van der Waals surface area contributed by atoms with E-state index in [0.29, 0.717) is 19.6 Å². The number of benzene rings is 1. The number of aryl methyl sites for hydroxylation is 2. The summed E-state index contributed by atoms with van der Waals surface area (Å²) in [5, 5.41) is 27.8. The van der Waals surface area contributed by atoms with Crippen LogP contribution in [-0.2, 0) is 0 Å². The first-order valence-corrected chi connectivity index (χ1v) is 6.88. The molecule has 0 saturated carbocycles. The fourth-order valence-electron chi connectivity index (χ4n) is 2.14. The van der Waals surface area contributed by atoms with Crippen molar-refractivity contribution in [2.45, 2.75) is 20.0 Å². The van der Waals surface area contributed by atoms with Crippen LogP contribution in [0.1, 0.15) is 11.1 Å². The number of aliphatic hydroxyl groups is 3. The van der Waals surface area contributed by atoms with Gasteiger partial charge in [0.15, 0.2) is 0 Å². The van der Waals surface area contributed by atoms with Crippen molar-refractivity contribution in [2.24, 2.45) is 0 Å². The monoisotopic (exact) mass is 283 g/mol. The van der Waals surface area contributed by atoms with Crippen molar-refractivity contribution in [1.82, 2.24) is 4.90 Å². The van der Waals surface area contributed by atoms with Gasteiger partial charge in [-0.3, -0.25) is 4.90 Å². The zero-order chi connectivity index (χ0) is 15.0. The van der Waals surface area contributed by atoms with Gasteiger partial charge in [-0.25, -0.2) is 0 Å². The number of hydrogen-bond acceptors (Lipinski definition) is 5. The zero-order valence-corrected chi connectivity index (χ0v) is 12.2. The van der Waals surface area contributed by atoms with E-state index >= 15 is 0 Å². The topological polar surface area (TPSA) is 73.2 Å². The lowest BCUT2D eigenvalue weighted by molar-refractivity contribution is 0.0552. The maximum absolute atomic E-state index is 9.94. The molecule has 0 unspecified atom stereocenters. The van der Waals surface area contributed by atoms with Crippen LogP contribution in [0.3, 0.4) is 0 Å². The Balaban J connectivity index is 2.43. The lowest BCUT2D eigenvalue weighted by Gasteiger charge is -2.23. The molecular formula is C15H25NO4. The number of aliphatic hydroxyl groups excluding tert-OH is 3. The Hall–Kier alpha value is -1.14. The van der Waals surface area contributed by atoms with Crippen molar-refractivity contribution in [3.63, 3.8) is 0 Å². The third kappa shape index (κ3) is 6.34. The second-order valence-corrected chi connectivity index (χ2v) is 5.04. The van der Waals surface area contributed by atoms with Gasteiger partial charge in [-0.15, -0.1) is 0 Å². The highest BCUT2D eigenvalue weighted by Crippen LogP contribution is 2.16. The summed E-state index contributed by atoms with van der Waals surface area (Å²) in [5.41, 5.74) is 2.24. The van der Waals surface area contributed by atoms with Crippen molar-refractivity contribution >= 4 is 0 Å². The zero-order valence-electron chi connectivity index (χ0n) is 12.2. The predicted octanol–water partition coefficient (Wildman–Crippen LogP) is 0.330. The van der Waals surface area contributed by atoms with E-state index in [4.69, 9.17) is 14.9 Å². The molecule has 5 heteroatoms. The number of rotatable bonds is 9. The molecule has 0 saturated heterocycles. The van der Waals surface area contributed by atoms with Crippen LogP contribution < -0.4 is 4.74 Å². The first-order valence-electron chi connectivity index (χ1n) is 6.88. The van der Waals surface area contributed by atoms with Gasteiger partial charge in [-0.2, -0.15) is 0 Å². The Kier molecular flexibility index (Phi) is 7.54. The molecule has 0 spiro atoms.